The van der Waals surface area contributed by atoms with Gasteiger partial charge in [-0.25, -0.2) is 20.3 Å². The van der Waals surface area contributed by atoms with E-state index in [1.807, 2.05) is 67.7 Å². The predicted octanol–water partition coefficient (Wildman–Crippen LogP) is 5.25. The number of benzene rings is 3. The van der Waals surface area contributed by atoms with E-state index in [0.29, 0.717) is 18.4 Å². The first kappa shape index (κ1) is 23.7. The number of fused-ring (bicyclic) bond motifs is 2. The van der Waals surface area contributed by atoms with Gasteiger partial charge in [-0.05, 0) is 74.9 Å². The molecule has 2 aliphatic rings. The molecule has 0 unspecified atom stereocenters. The van der Waals surface area contributed by atoms with Gasteiger partial charge in [-0.1, -0.05) is 12.2 Å². The highest BCUT2D eigenvalue weighted by Gasteiger charge is 2.31. The van der Waals surface area contributed by atoms with E-state index in [1.165, 1.54) is 0 Å². The number of aromatic nitrogens is 2. The number of rotatable bonds is 5. The van der Waals surface area contributed by atoms with Crippen molar-refractivity contribution in [2.75, 3.05) is 17.2 Å². The predicted molar refractivity (Wildman–Crippen MR) is 152 cm³/mol. The number of anilines is 3. The lowest BCUT2D eigenvalue weighted by molar-refractivity contribution is -0.530. The minimum atomic E-state index is -0.104. The summed E-state index contributed by atoms with van der Waals surface area (Å²) in [4.78, 5) is 16.8. The first-order valence-corrected chi connectivity index (χ1v) is 12.6. The molecule has 38 heavy (non-hydrogen) atoms. The molecule has 0 spiro atoms. The molecule has 0 bridgehead atoms. The van der Waals surface area contributed by atoms with Gasteiger partial charge in [0, 0.05) is 35.3 Å². The zero-order valence-electron chi connectivity index (χ0n) is 21.6. The fraction of sp³-hybridized carbons (Fsp3) is 0.200. The Bertz CT molecular complexity index is 1620. The van der Waals surface area contributed by atoms with Gasteiger partial charge in [-0.3, -0.25) is 4.99 Å². The lowest BCUT2D eigenvalue weighted by atomic mass is 10.1. The molecule has 4 aromatic rings. The van der Waals surface area contributed by atoms with Crippen LogP contribution in [0.1, 0.15) is 31.4 Å². The van der Waals surface area contributed by atoms with Crippen molar-refractivity contribution in [2.45, 2.75) is 32.7 Å². The van der Waals surface area contributed by atoms with Gasteiger partial charge in [0.2, 0.25) is 0 Å². The van der Waals surface area contributed by atoms with E-state index in [4.69, 9.17) is 9.47 Å². The SMILES string of the molecule is Cc1cc(Nc2ncnc3ccc(NC4=[NH+]C(C)(C)CO4)cc23)ccc1Oc1ccc2c(c1)N=CCC=C2. The molecule has 190 valence electrons. The summed E-state index contributed by atoms with van der Waals surface area (Å²) in [6.45, 7) is 6.82. The van der Waals surface area contributed by atoms with Gasteiger partial charge in [0.1, 0.15) is 41.5 Å². The summed E-state index contributed by atoms with van der Waals surface area (Å²) < 4.78 is 11.9. The minimum Gasteiger partial charge on any atom is -0.457 e. The van der Waals surface area contributed by atoms with E-state index in [9.17, 15) is 0 Å². The van der Waals surface area contributed by atoms with Crippen LogP contribution in [0.5, 0.6) is 11.5 Å². The van der Waals surface area contributed by atoms with Crippen LogP contribution in [0, 0.1) is 6.92 Å². The van der Waals surface area contributed by atoms with E-state index in [2.05, 4.69) is 56.6 Å². The Morgan fingerprint density at radius 2 is 1.84 bits per heavy atom. The molecule has 8 heteroatoms. The maximum Gasteiger partial charge on any atom is 0.447 e. The van der Waals surface area contributed by atoms with Crippen LogP contribution in [-0.2, 0) is 4.74 Å². The van der Waals surface area contributed by atoms with Crippen molar-refractivity contribution in [3.63, 3.8) is 0 Å². The maximum absolute atomic E-state index is 6.21. The van der Waals surface area contributed by atoms with Crippen LogP contribution in [0.4, 0.5) is 22.9 Å². The first-order chi connectivity index (χ1) is 18.4. The van der Waals surface area contributed by atoms with Crippen LogP contribution in [0.3, 0.4) is 0 Å². The van der Waals surface area contributed by atoms with Crippen LogP contribution < -0.4 is 20.4 Å². The van der Waals surface area contributed by atoms with Crippen molar-refractivity contribution in [3.05, 3.63) is 78.1 Å². The summed E-state index contributed by atoms with van der Waals surface area (Å²) >= 11 is 0. The molecule has 3 heterocycles. The normalized spacial score (nSPS) is 15.4. The smallest absolute Gasteiger partial charge is 0.447 e. The molecule has 3 aromatic carbocycles. The average Bonchev–Trinajstić information content (AvgIpc) is 3.08. The van der Waals surface area contributed by atoms with Crippen LogP contribution in [-0.4, -0.2) is 34.4 Å². The Morgan fingerprint density at radius 3 is 2.68 bits per heavy atom. The Morgan fingerprint density at radius 1 is 0.974 bits per heavy atom. The molecule has 0 amide bonds. The molecule has 0 saturated heterocycles. The van der Waals surface area contributed by atoms with E-state index < -0.39 is 0 Å². The van der Waals surface area contributed by atoms with Crippen molar-refractivity contribution in [1.82, 2.24) is 9.97 Å². The van der Waals surface area contributed by atoms with Crippen LogP contribution in [0.25, 0.3) is 17.0 Å². The zero-order valence-corrected chi connectivity index (χ0v) is 21.6. The zero-order chi connectivity index (χ0) is 26.1. The van der Waals surface area contributed by atoms with Gasteiger partial charge in [-0.2, -0.15) is 0 Å². The molecule has 0 atom stereocenters. The summed E-state index contributed by atoms with van der Waals surface area (Å²) in [7, 11) is 0. The number of allylic oxidation sites excluding steroid dienone is 1. The second-order valence-electron chi connectivity index (χ2n) is 10.1. The molecule has 0 aliphatic carbocycles. The Balaban J connectivity index is 1.22. The summed E-state index contributed by atoms with van der Waals surface area (Å²) in [6.07, 6.45) is 8.50. The molecule has 0 fully saturated rings. The molecule has 2 aliphatic heterocycles. The van der Waals surface area contributed by atoms with Crippen molar-refractivity contribution in [1.29, 1.82) is 0 Å². The van der Waals surface area contributed by atoms with Crippen molar-refractivity contribution in [2.24, 2.45) is 4.99 Å². The molecule has 0 radical (unpaired) electrons. The highest BCUT2D eigenvalue weighted by molar-refractivity contribution is 5.95. The van der Waals surface area contributed by atoms with Gasteiger partial charge in [-0.15, -0.1) is 0 Å². The first-order valence-electron chi connectivity index (χ1n) is 12.6. The number of nitrogens with one attached hydrogen (secondary N) is 3. The molecule has 3 N–H and O–H groups in total. The van der Waals surface area contributed by atoms with E-state index in [0.717, 1.165) is 57.0 Å². The number of ether oxygens (including phenoxy) is 2. The van der Waals surface area contributed by atoms with Gasteiger partial charge >= 0.3 is 6.02 Å². The molecule has 8 nitrogen and oxygen atoms in total. The van der Waals surface area contributed by atoms with E-state index in [-0.39, 0.29) is 5.54 Å². The van der Waals surface area contributed by atoms with E-state index in [1.54, 1.807) is 6.33 Å². The third-order valence-electron chi connectivity index (χ3n) is 6.36. The van der Waals surface area contributed by atoms with Crippen molar-refractivity contribution in [3.8, 4) is 11.5 Å². The third-order valence-corrected chi connectivity index (χ3v) is 6.36. The van der Waals surface area contributed by atoms with Crippen molar-refractivity contribution < 1.29 is 14.5 Å². The number of hydrogen-bond acceptors (Lipinski definition) is 7. The Hall–Kier alpha value is -4.72. The number of aryl methyl sites for hydroxylation is 1. The fourth-order valence-electron chi connectivity index (χ4n) is 4.42. The highest BCUT2D eigenvalue weighted by Crippen LogP contribution is 2.33. The largest absolute Gasteiger partial charge is 0.457 e. The lowest BCUT2D eigenvalue weighted by Gasteiger charge is -2.13. The summed E-state index contributed by atoms with van der Waals surface area (Å²) in [5, 5.41) is 7.65. The van der Waals surface area contributed by atoms with Gasteiger partial charge in [0.25, 0.3) is 0 Å². The van der Waals surface area contributed by atoms with Gasteiger partial charge in [0.05, 0.1) is 11.2 Å². The molecule has 6 rings (SSSR count). The monoisotopic (exact) mass is 505 g/mol. The highest BCUT2D eigenvalue weighted by atomic mass is 16.5. The average molecular weight is 506 g/mol. The fourth-order valence-corrected chi connectivity index (χ4v) is 4.42. The van der Waals surface area contributed by atoms with Crippen LogP contribution in [0.2, 0.25) is 0 Å². The molecule has 0 saturated carbocycles. The molecular formula is C30H29N6O2+. The Labute approximate surface area is 221 Å². The topological polar surface area (TPSA) is 94.6 Å². The summed E-state index contributed by atoms with van der Waals surface area (Å²) in [6, 6.07) is 18.6. The van der Waals surface area contributed by atoms with Crippen LogP contribution in [0.15, 0.2) is 72.0 Å². The summed E-state index contributed by atoms with van der Waals surface area (Å²) in [5.41, 5.74) is 5.53. The van der Waals surface area contributed by atoms with Gasteiger partial charge < -0.3 is 14.8 Å². The molecular weight excluding hydrogens is 476 g/mol. The third kappa shape index (κ3) is 5.06. The Kier molecular flexibility index (Phi) is 5.99. The number of nitrogens with zero attached hydrogens (tertiary/aromatic N) is 3. The van der Waals surface area contributed by atoms with Crippen molar-refractivity contribution >= 4 is 52.1 Å². The second-order valence-corrected chi connectivity index (χ2v) is 10.1. The molecule has 1 aromatic heterocycles. The standard InChI is InChI=1S/C30H28N6O2/c1-19-14-21(9-12-27(19)38-23-10-7-20-6-4-5-13-31-26(20)16-23)34-28-24-15-22(8-11-25(24)32-18-33-28)35-29-36-30(2,3)17-37-29/h4,6-16,18H,5,17H2,1-3H3,(H,35,36)(H,32,33,34)/p+1. The van der Waals surface area contributed by atoms with E-state index >= 15 is 0 Å². The second kappa shape index (κ2) is 9.63. The maximum atomic E-state index is 6.21. The van der Waals surface area contributed by atoms with Crippen LogP contribution >= 0.6 is 0 Å². The number of hydrogen-bond donors (Lipinski definition) is 3. The summed E-state index contributed by atoms with van der Waals surface area (Å²) in [5.74, 6) is 2.25. The lowest BCUT2D eigenvalue weighted by Crippen LogP contribution is -2.83. The van der Waals surface area contributed by atoms with Gasteiger partial charge in [0.15, 0.2) is 0 Å². The minimum absolute atomic E-state index is 0.104. The quantitative estimate of drug-likeness (QED) is 0.343. The number of amidine groups is 1. The number of aliphatic imine (C=N–C) groups is 1.